The first-order chi connectivity index (χ1) is 19.1. The van der Waals surface area contributed by atoms with Crippen molar-refractivity contribution in [2.45, 2.75) is 58.6 Å². The standard InChI is InChI=1S/C29H35ClN6O4/c1-6-24(37)21-13-20(26(30)25(14-21)39-5)8-7-19-15-31-27(32-16-19)34-22-17-33-36(18-22)23-9-11-35(12-10-23)28(38)40-29(2,3)4/h7-8,13-18,23H,6,9-12H2,1-5H3,(H,31,32,34)/b8-7+. The van der Waals surface area contributed by atoms with Crippen molar-refractivity contribution in [1.82, 2.24) is 24.6 Å². The molecule has 1 aliphatic heterocycles. The first-order valence-corrected chi connectivity index (χ1v) is 13.6. The summed E-state index contributed by atoms with van der Waals surface area (Å²) in [6, 6.07) is 3.60. The minimum Gasteiger partial charge on any atom is -0.495 e. The number of halogens is 1. The van der Waals surface area contributed by atoms with Crippen LogP contribution in [0.4, 0.5) is 16.4 Å². The predicted octanol–water partition coefficient (Wildman–Crippen LogP) is 6.41. The van der Waals surface area contributed by atoms with Gasteiger partial charge < -0.3 is 19.7 Å². The van der Waals surface area contributed by atoms with Gasteiger partial charge in [-0.1, -0.05) is 30.7 Å². The molecule has 4 rings (SSSR count). The monoisotopic (exact) mass is 566 g/mol. The third-order valence-electron chi connectivity index (χ3n) is 6.41. The lowest BCUT2D eigenvalue weighted by Gasteiger charge is -2.33. The molecule has 0 radical (unpaired) electrons. The summed E-state index contributed by atoms with van der Waals surface area (Å²) in [6.45, 7) is 8.67. The number of hydrogen-bond donors (Lipinski definition) is 1. The second-order valence-corrected chi connectivity index (χ2v) is 10.9. The summed E-state index contributed by atoms with van der Waals surface area (Å²) < 4.78 is 12.7. The molecule has 3 aromatic rings. The topological polar surface area (TPSA) is 111 Å². The Kier molecular flexibility index (Phi) is 9.09. The number of piperidine rings is 1. The highest BCUT2D eigenvalue weighted by atomic mass is 35.5. The molecule has 1 N–H and O–H groups in total. The highest BCUT2D eigenvalue weighted by Crippen LogP contribution is 2.32. The quantitative estimate of drug-likeness (QED) is 0.311. The molecule has 2 aromatic heterocycles. The van der Waals surface area contributed by atoms with Gasteiger partial charge in [0, 0.05) is 49.2 Å². The van der Waals surface area contributed by atoms with Crippen molar-refractivity contribution < 1.29 is 19.1 Å². The van der Waals surface area contributed by atoms with E-state index in [0.29, 0.717) is 47.4 Å². The number of hydrogen-bond acceptors (Lipinski definition) is 8. The number of amides is 1. The number of benzene rings is 1. The number of rotatable bonds is 8. The molecule has 0 spiro atoms. The van der Waals surface area contributed by atoms with E-state index in [9.17, 15) is 9.59 Å². The SMILES string of the molecule is CCC(=O)c1cc(/C=C/c2cnc(Nc3cnn(C4CCN(C(=O)OC(C)(C)C)CC4)c3)nc2)c(Cl)c(OC)c1. The average molecular weight is 567 g/mol. The zero-order valence-corrected chi connectivity index (χ0v) is 24.2. The van der Waals surface area contributed by atoms with Crippen molar-refractivity contribution in [3.8, 4) is 5.75 Å². The number of nitrogens with one attached hydrogen (secondary N) is 1. The van der Waals surface area contributed by atoms with Gasteiger partial charge in [0.15, 0.2) is 5.78 Å². The van der Waals surface area contributed by atoms with Crippen LogP contribution in [0.5, 0.6) is 5.75 Å². The lowest BCUT2D eigenvalue weighted by atomic mass is 10.0. The minimum atomic E-state index is -0.503. The molecular formula is C29H35ClN6O4. The van der Waals surface area contributed by atoms with Crippen LogP contribution >= 0.6 is 11.6 Å². The molecular weight excluding hydrogens is 532 g/mol. The molecule has 0 bridgehead atoms. The van der Waals surface area contributed by atoms with Gasteiger partial charge in [-0.15, -0.1) is 0 Å². The van der Waals surface area contributed by atoms with Crippen molar-refractivity contribution >= 4 is 47.3 Å². The van der Waals surface area contributed by atoms with E-state index < -0.39 is 5.60 Å². The number of aromatic nitrogens is 4. The number of likely N-dealkylation sites (tertiary alicyclic amines) is 1. The molecule has 1 saturated heterocycles. The molecule has 3 heterocycles. The Hall–Kier alpha value is -3.92. The summed E-state index contributed by atoms with van der Waals surface area (Å²) >= 11 is 6.45. The number of nitrogens with zero attached hydrogens (tertiary/aromatic N) is 5. The van der Waals surface area contributed by atoms with Gasteiger partial charge in [0.2, 0.25) is 5.95 Å². The Morgan fingerprint density at radius 1 is 1.12 bits per heavy atom. The Balaban J connectivity index is 1.35. The van der Waals surface area contributed by atoms with Crippen LogP contribution in [-0.4, -0.2) is 62.3 Å². The fourth-order valence-corrected chi connectivity index (χ4v) is 4.55. The van der Waals surface area contributed by atoms with Gasteiger partial charge in [-0.3, -0.25) is 9.48 Å². The molecule has 0 unspecified atom stereocenters. The number of carbonyl (C=O) groups excluding carboxylic acids is 2. The number of methoxy groups -OCH3 is 1. The van der Waals surface area contributed by atoms with E-state index in [4.69, 9.17) is 21.1 Å². The second kappa shape index (κ2) is 12.5. The van der Waals surface area contributed by atoms with Crippen LogP contribution < -0.4 is 10.1 Å². The summed E-state index contributed by atoms with van der Waals surface area (Å²) in [7, 11) is 1.52. The maximum absolute atomic E-state index is 12.3. The highest BCUT2D eigenvalue weighted by Gasteiger charge is 2.28. The maximum atomic E-state index is 12.3. The Labute approximate surface area is 239 Å². The number of Topliss-reactive ketones (excluding diaryl/α,β-unsaturated/α-hetero) is 1. The maximum Gasteiger partial charge on any atom is 0.410 e. The largest absolute Gasteiger partial charge is 0.495 e. The number of carbonyl (C=O) groups is 2. The van der Waals surface area contributed by atoms with Crippen molar-refractivity contribution in [3.63, 3.8) is 0 Å². The molecule has 0 atom stereocenters. The fraction of sp³-hybridized carbons (Fsp3) is 0.414. The van der Waals surface area contributed by atoms with Crippen LogP contribution in [0.3, 0.4) is 0 Å². The van der Waals surface area contributed by atoms with E-state index in [1.54, 1.807) is 41.7 Å². The average Bonchev–Trinajstić information content (AvgIpc) is 3.40. The zero-order valence-electron chi connectivity index (χ0n) is 23.5. The van der Waals surface area contributed by atoms with Gasteiger partial charge in [0.25, 0.3) is 0 Å². The van der Waals surface area contributed by atoms with Gasteiger partial charge in [0.05, 0.1) is 30.1 Å². The molecule has 1 amide bonds. The van der Waals surface area contributed by atoms with E-state index >= 15 is 0 Å². The molecule has 212 valence electrons. The van der Waals surface area contributed by atoms with Crippen LogP contribution in [-0.2, 0) is 4.74 Å². The Morgan fingerprint density at radius 2 is 1.82 bits per heavy atom. The smallest absolute Gasteiger partial charge is 0.410 e. The third-order valence-corrected chi connectivity index (χ3v) is 6.81. The molecule has 0 aliphatic carbocycles. The molecule has 1 fully saturated rings. The molecule has 11 heteroatoms. The number of ketones is 1. The normalized spacial score (nSPS) is 14.4. The van der Waals surface area contributed by atoms with E-state index in [1.165, 1.54) is 7.11 Å². The fourth-order valence-electron chi connectivity index (χ4n) is 4.30. The first kappa shape index (κ1) is 29.1. The van der Waals surface area contributed by atoms with Crippen molar-refractivity contribution in [1.29, 1.82) is 0 Å². The summed E-state index contributed by atoms with van der Waals surface area (Å²) in [5.74, 6) is 0.898. The van der Waals surface area contributed by atoms with Crippen molar-refractivity contribution in [2.75, 3.05) is 25.5 Å². The molecule has 1 aromatic carbocycles. The third kappa shape index (κ3) is 7.38. The van der Waals surface area contributed by atoms with Crippen molar-refractivity contribution in [3.05, 3.63) is 58.6 Å². The van der Waals surface area contributed by atoms with Gasteiger partial charge in [-0.25, -0.2) is 14.8 Å². The Morgan fingerprint density at radius 3 is 2.45 bits per heavy atom. The van der Waals surface area contributed by atoms with Gasteiger partial charge in [-0.2, -0.15) is 5.10 Å². The van der Waals surface area contributed by atoms with E-state index in [2.05, 4.69) is 20.4 Å². The predicted molar refractivity (Wildman–Crippen MR) is 155 cm³/mol. The Bertz CT molecular complexity index is 1370. The summed E-state index contributed by atoms with van der Waals surface area (Å²) in [5.41, 5.74) is 2.25. The highest BCUT2D eigenvalue weighted by molar-refractivity contribution is 6.33. The molecule has 0 saturated carbocycles. The minimum absolute atomic E-state index is 0.0120. The lowest BCUT2D eigenvalue weighted by molar-refractivity contribution is 0.0184. The number of anilines is 2. The molecule has 40 heavy (non-hydrogen) atoms. The number of ether oxygens (including phenoxy) is 2. The van der Waals surface area contributed by atoms with E-state index in [0.717, 1.165) is 24.1 Å². The van der Waals surface area contributed by atoms with Crippen LogP contribution in [0.25, 0.3) is 12.2 Å². The zero-order chi connectivity index (χ0) is 28.9. The van der Waals surface area contributed by atoms with E-state index in [-0.39, 0.29) is 17.9 Å². The van der Waals surface area contributed by atoms with Gasteiger partial charge in [-0.05, 0) is 51.3 Å². The van der Waals surface area contributed by atoms with Crippen LogP contribution in [0.15, 0.2) is 36.9 Å². The summed E-state index contributed by atoms with van der Waals surface area (Å²) in [5, 5.41) is 8.11. The van der Waals surface area contributed by atoms with Crippen LogP contribution in [0, 0.1) is 0 Å². The molecule has 1 aliphatic rings. The van der Waals surface area contributed by atoms with Crippen LogP contribution in [0.2, 0.25) is 5.02 Å². The molecule has 10 nitrogen and oxygen atoms in total. The first-order valence-electron chi connectivity index (χ1n) is 13.3. The van der Waals surface area contributed by atoms with Gasteiger partial charge >= 0.3 is 6.09 Å². The van der Waals surface area contributed by atoms with Crippen LogP contribution in [0.1, 0.15) is 74.5 Å². The lowest BCUT2D eigenvalue weighted by Crippen LogP contribution is -2.42. The summed E-state index contributed by atoms with van der Waals surface area (Å²) in [6.07, 6.45) is 12.4. The van der Waals surface area contributed by atoms with Crippen molar-refractivity contribution in [2.24, 2.45) is 0 Å². The van der Waals surface area contributed by atoms with E-state index in [1.807, 2.05) is 44.6 Å². The second-order valence-electron chi connectivity index (χ2n) is 10.6. The summed E-state index contributed by atoms with van der Waals surface area (Å²) in [4.78, 5) is 35.1. The van der Waals surface area contributed by atoms with Gasteiger partial charge in [0.1, 0.15) is 11.4 Å².